The Labute approximate surface area is 235 Å². The minimum absolute atomic E-state index is 0.0636. The fraction of sp³-hybridized carbons (Fsp3) is 0.219. The molecule has 1 aromatic heterocycles. The lowest BCUT2D eigenvalue weighted by Crippen LogP contribution is -2.53. The Kier molecular flexibility index (Phi) is 7.81. The molecule has 0 spiro atoms. The van der Waals surface area contributed by atoms with E-state index in [1.165, 1.54) is 6.07 Å². The molecule has 1 heterocycles. The van der Waals surface area contributed by atoms with Gasteiger partial charge in [-0.05, 0) is 60.2 Å². The molecule has 0 amide bonds. The average molecular weight is 558 g/mol. The quantitative estimate of drug-likeness (QED) is 0.244. The van der Waals surface area contributed by atoms with Gasteiger partial charge in [0.15, 0.2) is 5.78 Å². The van der Waals surface area contributed by atoms with E-state index in [4.69, 9.17) is 5.73 Å². The van der Waals surface area contributed by atoms with Gasteiger partial charge in [-0.15, -0.1) is 0 Å². The highest BCUT2D eigenvalue weighted by Gasteiger charge is 2.47. The number of carbonyl (C=O) groups is 2. The van der Waals surface area contributed by atoms with Crippen LogP contribution in [0.5, 0.6) is 0 Å². The molecule has 1 saturated carbocycles. The summed E-state index contributed by atoms with van der Waals surface area (Å²) in [6.45, 7) is 0.255. The zero-order chi connectivity index (χ0) is 29.1. The van der Waals surface area contributed by atoms with E-state index in [1.807, 2.05) is 30.3 Å². The minimum Gasteiger partial charge on any atom is -0.480 e. The summed E-state index contributed by atoms with van der Waals surface area (Å²) in [4.78, 5) is 38.5. The summed E-state index contributed by atoms with van der Waals surface area (Å²) >= 11 is 0. The molecule has 7 nitrogen and oxygen atoms in total. The number of nitrogen functional groups attached to an aromatic ring is 1. The Hall–Kier alpha value is -4.63. The van der Waals surface area contributed by atoms with Crippen molar-refractivity contribution < 1.29 is 23.5 Å². The van der Waals surface area contributed by atoms with E-state index < -0.39 is 34.5 Å². The van der Waals surface area contributed by atoms with Gasteiger partial charge in [0.1, 0.15) is 23.0 Å². The summed E-state index contributed by atoms with van der Waals surface area (Å²) in [5, 5.41) is 13.8. The summed E-state index contributed by atoms with van der Waals surface area (Å²) < 4.78 is 28.7. The van der Waals surface area contributed by atoms with Crippen LogP contribution in [-0.2, 0) is 16.9 Å². The van der Waals surface area contributed by atoms with E-state index in [1.54, 1.807) is 24.3 Å². The number of hydrogen-bond acceptors (Lipinski definition) is 5. The molecule has 4 aromatic rings. The van der Waals surface area contributed by atoms with E-state index in [2.05, 4.69) is 5.32 Å². The summed E-state index contributed by atoms with van der Waals surface area (Å²) in [5.41, 5.74) is 5.85. The number of nitrogens with two attached hydrogens (primary N) is 1. The van der Waals surface area contributed by atoms with Gasteiger partial charge in [0.05, 0.1) is 16.8 Å². The van der Waals surface area contributed by atoms with Crippen LogP contribution in [0, 0.1) is 17.6 Å². The number of halogens is 2. The zero-order valence-electron chi connectivity index (χ0n) is 22.1. The van der Waals surface area contributed by atoms with Gasteiger partial charge in [-0.3, -0.25) is 19.5 Å². The van der Waals surface area contributed by atoms with Crippen LogP contribution < -0.4 is 16.6 Å². The number of ketones is 1. The number of rotatable bonds is 9. The topological polar surface area (TPSA) is 114 Å². The van der Waals surface area contributed by atoms with Crippen molar-refractivity contribution in [3.63, 3.8) is 0 Å². The second-order valence-corrected chi connectivity index (χ2v) is 10.2. The van der Waals surface area contributed by atoms with Crippen molar-refractivity contribution in [3.05, 3.63) is 129 Å². The Bertz CT molecular complexity index is 1650. The number of aliphatic carboxylic acids is 1. The van der Waals surface area contributed by atoms with Crippen molar-refractivity contribution in [1.82, 2.24) is 9.88 Å². The highest BCUT2D eigenvalue weighted by atomic mass is 19.1. The van der Waals surface area contributed by atoms with Gasteiger partial charge in [-0.1, -0.05) is 55.3 Å². The molecule has 3 aromatic carbocycles. The highest BCUT2D eigenvalue weighted by Crippen LogP contribution is 2.41. The lowest BCUT2D eigenvalue weighted by Gasteiger charge is -2.37. The Morgan fingerprint density at radius 3 is 2.22 bits per heavy atom. The number of hydrogen-bond donors (Lipinski definition) is 3. The molecule has 9 heteroatoms. The number of carboxylic acid groups (broad SMARTS) is 1. The van der Waals surface area contributed by atoms with E-state index in [-0.39, 0.29) is 29.4 Å². The molecule has 0 radical (unpaired) electrons. The fourth-order valence-corrected chi connectivity index (χ4v) is 5.75. The van der Waals surface area contributed by atoms with Crippen LogP contribution in [0.4, 0.5) is 14.6 Å². The van der Waals surface area contributed by atoms with Gasteiger partial charge in [0, 0.05) is 18.7 Å². The molecule has 4 N–H and O–H groups in total. The Morgan fingerprint density at radius 1 is 0.927 bits per heavy atom. The molecule has 1 atom stereocenters. The molecular formula is C32H29F2N3O4. The van der Waals surface area contributed by atoms with E-state index >= 15 is 0 Å². The third kappa shape index (κ3) is 5.28. The average Bonchev–Trinajstić information content (AvgIpc) is 3.50. The third-order valence-corrected chi connectivity index (χ3v) is 7.85. The maximum Gasteiger partial charge on any atom is 0.328 e. The number of aromatic nitrogens is 1. The third-order valence-electron chi connectivity index (χ3n) is 7.85. The molecular weight excluding hydrogens is 528 g/mol. The molecule has 210 valence electrons. The van der Waals surface area contributed by atoms with Gasteiger partial charge < -0.3 is 10.8 Å². The highest BCUT2D eigenvalue weighted by molar-refractivity contribution is 6.11. The van der Waals surface area contributed by atoms with Crippen LogP contribution in [-0.4, -0.2) is 21.4 Å². The lowest BCUT2D eigenvalue weighted by atomic mass is 9.76. The van der Waals surface area contributed by atoms with Crippen molar-refractivity contribution >= 4 is 17.6 Å². The number of carbonyl (C=O) groups excluding carboxylic acids is 1. The Balaban J connectivity index is 1.43. The SMILES string of the molecule is Nc1c(C(=O)c2ccc(F)cc2F)ccc(=O)n1-c1ccc(CN[C@](C(=O)O)(c2ccccc2)C2CCCC2)cc1. The largest absolute Gasteiger partial charge is 0.480 e. The number of nitrogens with zero attached hydrogens (tertiary/aromatic N) is 1. The van der Waals surface area contributed by atoms with Crippen molar-refractivity contribution in [2.75, 3.05) is 5.73 Å². The monoisotopic (exact) mass is 557 g/mol. The molecule has 0 unspecified atom stereocenters. The van der Waals surface area contributed by atoms with E-state index in [9.17, 15) is 28.3 Å². The normalized spacial score (nSPS) is 15.0. The fourth-order valence-electron chi connectivity index (χ4n) is 5.75. The van der Waals surface area contributed by atoms with Gasteiger partial charge in [-0.2, -0.15) is 0 Å². The second kappa shape index (κ2) is 11.5. The molecule has 0 aliphatic heterocycles. The first kappa shape index (κ1) is 27.9. The summed E-state index contributed by atoms with van der Waals surface area (Å²) in [6.07, 6.45) is 3.58. The number of nitrogens with one attached hydrogen (secondary N) is 1. The zero-order valence-corrected chi connectivity index (χ0v) is 22.1. The van der Waals surface area contributed by atoms with Crippen molar-refractivity contribution in [3.8, 4) is 5.69 Å². The van der Waals surface area contributed by atoms with Crippen molar-refractivity contribution in [2.45, 2.75) is 37.8 Å². The standard InChI is InChI=1S/C32H29F2N3O4/c33-23-12-15-25(27(34)18-23)29(39)26-16-17-28(38)37(30(26)35)24-13-10-20(11-14-24)19-36-32(31(40)41,22-8-4-5-9-22)21-6-2-1-3-7-21/h1-3,6-7,10-18,22,36H,4-5,8-9,19,35H2,(H,40,41)/t32-/m1/s1. The molecule has 1 fully saturated rings. The molecule has 1 aliphatic rings. The van der Waals surface area contributed by atoms with Crippen LogP contribution in [0.3, 0.4) is 0 Å². The first-order chi connectivity index (χ1) is 19.7. The first-order valence-corrected chi connectivity index (χ1v) is 13.4. The number of carboxylic acids is 1. The van der Waals surface area contributed by atoms with Gasteiger partial charge in [-0.25, -0.2) is 13.6 Å². The maximum absolute atomic E-state index is 14.3. The summed E-state index contributed by atoms with van der Waals surface area (Å²) in [7, 11) is 0. The van der Waals surface area contributed by atoms with Gasteiger partial charge in [0.2, 0.25) is 0 Å². The molecule has 41 heavy (non-hydrogen) atoms. The minimum atomic E-state index is -1.25. The molecule has 0 bridgehead atoms. The lowest BCUT2D eigenvalue weighted by molar-refractivity contribution is -0.148. The number of pyridine rings is 1. The summed E-state index contributed by atoms with van der Waals surface area (Å²) in [5.74, 6) is -3.81. The smallest absolute Gasteiger partial charge is 0.328 e. The van der Waals surface area contributed by atoms with Crippen molar-refractivity contribution in [1.29, 1.82) is 0 Å². The second-order valence-electron chi connectivity index (χ2n) is 10.2. The molecule has 1 aliphatic carbocycles. The number of benzene rings is 3. The van der Waals surface area contributed by atoms with Gasteiger partial charge in [0.25, 0.3) is 5.56 Å². The van der Waals surface area contributed by atoms with E-state index in [0.717, 1.165) is 54.0 Å². The van der Waals surface area contributed by atoms with Crippen LogP contribution in [0.1, 0.15) is 52.7 Å². The van der Waals surface area contributed by atoms with Crippen LogP contribution in [0.25, 0.3) is 5.69 Å². The maximum atomic E-state index is 14.3. The predicted molar refractivity (Wildman–Crippen MR) is 151 cm³/mol. The van der Waals surface area contributed by atoms with Gasteiger partial charge >= 0.3 is 5.97 Å². The van der Waals surface area contributed by atoms with Crippen molar-refractivity contribution in [2.24, 2.45) is 5.92 Å². The van der Waals surface area contributed by atoms with Crippen LogP contribution in [0.2, 0.25) is 0 Å². The first-order valence-electron chi connectivity index (χ1n) is 13.4. The molecule has 5 rings (SSSR count). The van der Waals surface area contributed by atoms with E-state index in [0.29, 0.717) is 17.3 Å². The molecule has 0 saturated heterocycles. The van der Waals surface area contributed by atoms with Crippen LogP contribution in [0.15, 0.2) is 89.7 Å². The number of anilines is 1. The van der Waals surface area contributed by atoms with Crippen LogP contribution >= 0.6 is 0 Å². The Morgan fingerprint density at radius 2 is 1.59 bits per heavy atom. The predicted octanol–water partition coefficient (Wildman–Crippen LogP) is 5.19. The summed E-state index contributed by atoms with van der Waals surface area (Å²) in [6, 6.07) is 21.0.